The molecule has 0 aliphatic rings. The number of hydrogen-bond acceptors (Lipinski definition) is 2. The van der Waals surface area contributed by atoms with E-state index < -0.39 is 0 Å². The fraction of sp³-hybridized carbons (Fsp3) is 0.222. The van der Waals surface area contributed by atoms with E-state index in [2.05, 4.69) is 10.4 Å². The van der Waals surface area contributed by atoms with Crippen LogP contribution < -0.4 is 5.43 Å². The minimum absolute atomic E-state index is 0.648. The molecule has 0 saturated carbocycles. The molecule has 2 aromatic rings. The highest BCUT2D eigenvalue weighted by molar-refractivity contribution is 6.29. The van der Waals surface area contributed by atoms with Gasteiger partial charge in [0.15, 0.2) is 0 Å². The molecular weight excluding hydrogens is 200 g/mol. The summed E-state index contributed by atoms with van der Waals surface area (Å²) in [6.07, 6.45) is 5.52. The van der Waals surface area contributed by atoms with Crippen LogP contribution >= 0.6 is 11.6 Å². The first kappa shape index (κ1) is 9.15. The lowest BCUT2D eigenvalue weighted by atomic mass is 10.6. The van der Waals surface area contributed by atoms with Crippen LogP contribution in [0.2, 0.25) is 5.15 Å². The average molecular weight is 211 g/mol. The Hall–Kier alpha value is -1.42. The van der Waals surface area contributed by atoms with Gasteiger partial charge in [-0.3, -0.25) is 4.68 Å². The third-order valence-corrected chi connectivity index (χ3v) is 2.40. The van der Waals surface area contributed by atoms with Crippen molar-refractivity contribution in [3.05, 3.63) is 41.7 Å². The molecule has 0 fully saturated rings. The van der Waals surface area contributed by atoms with E-state index in [0.29, 0.717) is 11.7 Å². The van der Waals surface area contributed by atoms with Crippen molar-refractivity contribution in [1.82, 2.24) is 14.2 Å². The molecule has 5 heteroatoms. The van der Waals surface area contributed by atoms with Crippen LogP contribution in [0.1, 0.15) is 5.82 Å². The molecular formula is C9H11ClN4. The molecule has 0 aliphatic carbocycles. The largest absolute Gasteiger partial charge is 0.321 e. The van der Waals surface area contributed by atoms with E-state index in [0.717, 1.165) is 5.82 Å². The van der Waals surface area contributed by atoms with Crippen LogP contribution in [0.3, 0.4) is 0 Å². The van der Waals surface area contributed by atoms with Gasteiger partial charge < -0.3 is 9.99 Å². The first-order valence-electron chi connectivity index (χ1n) is 4.30. The molecule has 14 heavy (non-hydrogen) atoms. The second-order valence-electron chi connectivity index (χ2n) is 2.98. The lowest BCUT2D eigenvalue weighted by molar-refractivity contribution is 0.752. The normalized spacial score (nSPS) is 10.4. The molecule has 2 rings (SSSR count). The standard InChI is InChI=1S/C9H11ClN4/c1-13-8(10)6-11-9(13)7-12-14-4-2-3-5-14/h2-6,12H,7H2,1H3. The van der Waals surface area contributed by atoms with Gasteiger partial charge in [0.05, 0.1) is 12.7 Å². The maximum absolute atomic E-state index is 5.86. The molecule has 0 radical (unpaired) electrons. The van der Waals surface area contributed by atoms with Gasteiger partial charge in [-0.2, -0.15) is 0 Å². The van der Waals surface area contributed by atoms with Crippen LogP contribution in [0.4, 0.5) is 0 Å². The van der Waals surface area contributed by atoms with E-state index in [9.17, 15) is 0 Å². The number of rotatable bonds is 3. The average Bonchev–Trinajstić information content (AvgIpc) is 2.77. The van der Waals surface area contributed by atoms with Crippen molar-refractivity contribution in [2.75, 3.05) is 5.43 Å². The van der Waals surface area contributed by atoms with Crippen molar-refractivity contribution < 1.29 is 0 Å². The fourth-order valence-corrected chi connectivity index (χ4v) is 1.34. The molecule has 0 bridgehead atoms. The number of aromatic nitrogens is 3. The number of imidazole rings is 1. The molecule has 1 N–H and O–H groups in total. The zero-order chi connectivity index (χ0) is 9.97. The maximum Gasteiger partial charge on any atom is 0.130 e. The Morgan fingerprint density at radius 1 is 1.43 bits per heavy atom. The van der Waals surface area contributed by atoms with Crippen molar-refractivity contribution >= 4 is 11.6 Å². The Bertz CT molecular complexity index is 404. The van der Waals surface area contributed by atoms with Gasteiger partial charge in [0.1, 0.15) is 11.0 Å². The summed E-state index contributed by atoms with van der Waals surface area (Å²) < 4.78 is 3.72. The molecule has 0 aromatic carbocycles. The Kier molecular flexibility index (Phi) is 2.45. The van der Waals surface area contributed by atoms with E-state index in [1.165, 1.54) is 0 Å². The van der Waals surface area contributed by atoms with Crippen molar-refractivity contribution in [2.24, 2.45) is 7.05 Å². The van der Waals surface area contributed by atoms with Gasteiger partial charge in [-0.1, -0.05) is 11.6 Å². The fourth-order valence-electron chi connectivity index (χ4n) is 1.19. The first-order chi connectivity index (χ1) is 6.77. The molecule has 4 nitrogen and oxygen atoms in total. The number of nitrogens with zero attached hydrogens (tertiary/aromatic N) is 3. The van der Waals surface area contributed by atoms with Crippen LogP contribution in [0.15, 0.2) is 30.7 Å². The summed E-state index contributed by atoms with van der Waals surface area (Å²) in [5, 5.41) is 0.648. The SMILES string of the molecule is Cn1c(Cl)cnc1CNn1cccc1. The monoisotopic (exact) mass is 210 g/mol. The highest BCUT2D eigenvalue weighted by atomic mass is 35.5. The highest BCUT2D eigenvalue weighted by Crippen LogP contribution is 2.08. The van der Waals surface area contributed by atoms with Crippen molar-refractivity contribution in [3.8, 4) is 0 Å². The molecule has 0 amide bonds. The van der Waals surface area contributed by atoms with Gasteiger partial charge in [-0.25, -0.2) is 4.98 Å². The first-order valence-corrected chi connectivity index (χ1v) is 4.68. The zero-order valence-corrected chi connectivity index (χ0v) is 8.57. The molecule has 0 saturated heterocycles. The lowest BCUT2D eigenvalue weighted by Crippen LogP contribution is -2.14. The summed E-state index contributed by atoms with van der Waals surface area (Å²) in [6.45, 7) is 0.651. The second kappa shape index (κ2) is 3.75. The third kappa shape index (κ3) is 1.75. The van der Waals surface area contributed by atoms with Gasteiger partial charge in [0, 0.05) is 19.4 Å². The van der Waals surface area contributed by atoms with Gasteiger partial charge in [-0.05, 0) is 12.1 Å². The van der Waals surface area contributed by atoms with Crippen LogP contribution in [0, 0.1) is 0 Å². The van der Waals surface area contributed by atoms with E-state index in [4.69, 9.17) is 11.6 Å². The summed E-state index contributed by atoms with van der Waals surface area (Å²) in [6, 6.07) is 3.91. The Morgan fingerprint density at radius 3 is 2.71 bits per heavy atom. The van der Waals surface area contributed by atoms with E-state index in [-0.39, 0.29) is 0 Å². The van der Waals surface area contributed by atoms with Crippen LogP contribution in [-0.4, -0.2) is 14.2 Å². The van der Waals surface area contributed by atoms with Gasteiger partial charge in [0.25, 0.3) is 0 Å². The van der Waals surface area contributed by atoms with Crippen LogP contribution in [0.5, 0.6) is 0 Å². The molecule has 0 spiro atoms. The predicted molar refractivity (Wildman–Crippen MR) is 55.7 cm³/mol. The maximum atomic E-state index is 5.86. The van der Waals surface area contributed by atoms with Crippen LogP contribution in [-0.2, 0) is 13.6 Å². The van der Waals surface area contributed by atoms with Gasteiger partial charge in [-0.15, -0.1) is 0 Å². The molecule has 0 aliphatic heterocycles. The van der Waals surface area contributed by atoms with E-state index >= 15 is 0 Å². The zero-order valence-electron chi connectivity index (χ0n) is 7.81. The summed E-state index contributed by atoms with van der Waals surface area (Å²) in [4.78, 5) is 4.17. The van der Waals surface area contributed by atoms with Gasteiger partial charge in [0.2, 0.25) is 0 Å². The summed E-state index contributed by atoms with van der Waals surface area (Å²) >= 11 is 5.86. The van der Waals surface area contributed by atoms with Crippen molar-refractivity contribution in [3.63, 3.8) is 0 Å². The number of nitrogens with one attached hydrogen (secondary N) is 1. The number of halogens is 1. The molecule has 2 aromatic heterocycles. The number of hydrogen-bond donors (Lipinski definition) is 1. The topological polar surface area (TPSA) is 34.8 Å². The Balaban J connectivity index is 2.02. The molecule has 2 heterocycles. The molecule has 0 atom stereocenters. The quantitative estimate of drug-likeness (QED) is 0.836. The Labute approximate surface area is 87.1 Å². The van der Waals surface area contributed by atoms with Crippen LogP contribution in [0.25, 0.3) is 0 Å². The molecule has 74 valence electrons. The summed E-state index contributed by atoms with van der Waals surface area (Å²) in [7, 11) is 1.89. The third-order valence-electron chi connectivity index (χ3n) is 2.05. The minimum Gasteiger partial charge on any atom is -0.321 e. The van der Waals surface area contributed by atoms with E-state index in [1.54, 1.807) is 6.20 Å². The molecule has 0 unspecified atom stereocenters. The minimum atomic E-state index is 0.648. The Morgan fingerprint density at radius 2 is 2.14 bits per heavy atom. The van der Waals surface area contributed by atoms with Gasteiger partial charge >= 0.3 is 0 Å². The van der Waals surface area contributed by atoms with E-state index in [1.807, 2.05) is 40.8 Å². The van der Waals surface area contributed by atoms with Crippen molar-refractivity contribution in [2.45, 2.75) is 6.54 Å². The summed E-state index contributed by atoms with van der Waals surface area (Å²) in [5.74, 6) is 0.906. The second-order valence-corrected chi connectivity index (χ2v) is 3.37. The predicted octanol–water partition coefficient (Wildman–Crippen LogP) is 1.62. The summed E-state index contributed by atoms with van der Waals surface area (Å²) in [5.41, 5.74) is 3.17. The lowest BCUT2D eigenvalue weighted by Gasteiger charge is -2.07. The van der Waals surface area contributed by atoms with Crippen molar-refractivity contribution in [1.29, 1.82) is 0 Å². The highest BCUT2D eigenvalue weighted by Gasteiger charge is 2.02. The smallest absolute Gasteiger partial charge is 0.130 e.